The minimum Gasteiger partial charge on any atom is -0.441 e. The van der Waals surface area contributed by atoms with Crippen LogP contribution in [0, 0.1) is 18.7 Å². The number of ether oxygens (including phenoxy) is 1. The summed E-state index contributed by atoms with van der Waals surface area (Å²) in [6, 6.07) is 5.49. The number of benzene rings is 1. The highest BCUT2D eigenvalue weighted by atomic mass is 19.1. The minimum absolute atomic E-state index is 0.0141. The molecule has 2 aromatic heterocycles. The monoisotopic (exact) mass is 438 g/mol. The van der Waals surface area contributed by atoms with Gasteiger partial charge in [0.15, 0.2) is 11.7 Å². The van der Waals surface area contributed by atoms with Gasteiger partial charge in [-0.3, -0.25) is 9.69 Å². The number of carbonyl (C=O) groups is 1. The summed E-state index contributed by atoms with van der Waals surface area (Å²) in [6.45, 7) is 5.30. The molecular weight excluding hydrogens is 411 g/mol. The van der Waals surface area contributed by atoms with Crippen molar-refractivity contribution in [1.82, 2.24) is 14.9 Å². The molecule has 0 radical (unpaired) electrons. The first kappa shape index (κ1) is 21.0. The summed E-state index contributed by atoms with van der Waals surface area (Å²) in [5.41, 5.74) is 0.598. The summed E-state index contributed by atoms with van der Waals surface area (Å²) in [7, 11) is 0. The molecule has 2 fully saturated rings. The SMILES string of the molecule is Cc1ncc(-c2cc(F)c3cnc(NC(=O)C4CCC(N5CCOCC5)CC4)cc3c2)o1. The fraction of sp³-hybridized carbons (Fsp3) is 0.458. The molecule has 1 N–H and O–H groups in total. The standard InChI is InChI=1S/C24H27FN4O3/c1-15-26-14-22(32-15)18-10-17-12-23(27-13-20(17)21(25)11-18)28-24(30)16-2-4-19(5-3-16)29-6-8-31-9-7-29/h10-14,16,19H,2-9H2,1H3,(H,27,28,30). The minimum atomic E-state index is -0.390. The van der Waals surface area contributed by atoms with E-state index in [4.69, 9.17) is 9.15 Å². The lowest BCUT2D eigenvalue weighted by atomic mass is 9.84. The summed E-state index contributed by atoms with van der Waals surface area (Å²) in [5, 5.41) is 3.98. The normalized spacial score (nSPS) is 22.2. The summed E-state index contributed by atoms with van der Waals surface area (Å²) in [5.74, 6) is 1.03. The Morgan fingerprint density at radius 1 is 1.09 bits per heavy atom. The summed E-state index contributed by atoms with van der Waals surface area (Å²) in [6.07, 6.45) is 6.82. The van der Waals surface area contributed by atoms with Gasteiger partial charge in [-0.15, -0.1) is 0 Å². The largest absolute Gasteiger partial charge is 0.441 e. The van der Waals surface area contributed by atoms with Crippen molar-refractivity contribution in [3.8, 4) is 11.3 Å². The summed E-state index contributed by atoms with van der Waals surface area (Å²) >= 11 is 0. The van der Waals surface area contributed by atoms with Gasteiger partial charge in [0.2, 0.25) is 5.91 Å². The van der Waals surface area contributed by atoms with E-state index in [2.05, 4.69) is 20.2 Å². The molecule has 1 aromatic carbocycles. The van der Waals surface area contributed by atoms with Crippen LogP contribution in [0.15, 0.2) is 35.0 Å². The van der Waals surface area contributed by atoms with Gasteiger partial charge in [-0.05, 0) is 49.3 Å². The Morgan fingerprint density at radius 2 is 1.88 bits per heavy atom. The smallest absolute Gasteiger partial charge is 0.228 e. The van der Waals surface area contributed by atoms with Gasteiger partial charge >= 0.3 is 0 Å². The Kier molecular flexibility index (Phi) is 5.89. The third-order valence-corrected chi connectivity index (χ3v) is 6.57. The van der Waals surface area contributed by atoms with E-state index in [0.717, 1.165) is 52.0 Å². The lowest BCUT2D eigenvalue weighted by Crippen LogP contribution is -2.45. The lowest BCUT2D eigenvalue weighted by Gasteiger charge is -2.38. The number of hydrogen-bond acceptors (Lipinski definition) is 6. The van der Waals surface area contributed by atoms with Crippen molar-refractivity contribution < 1.29 is 18.3 Å². The number of hydrogen-bond donors (Lipinski definition) is 1. The van der Waals surface area contributed by atoms with E-state index in [1.165, 1.54) is 12.3 Å². The van der Waals surface area contributed by atoms with Gasteiger partial charge in [-0.1, -0.05) is 0 Å². The Labute approximate surface area is 186 Å². The van der Waals surface area contributed by atoms with Gasteiger partial charge in [0.05, 0.1) is 19.4 Å². The van der Waals surface area contributed by atoms with Crippen molar-refractivity contribution in [3.05, 3.63) is 42.3 Å². The summed E-state index contributed by atoms with van der Waals surface area (Å²) in [4.78, 5) is 23.7. The van der Waals surface area contributed by atoms with Gasteiger partial charge in [0, 0.05) is 49.1 Å². The van der Waals surface area contributed by atoms with Gasteiger partial charge < -0.3 is 14.5 Å². The van der Waals surface area contributed by atoms with Crippen LogP contribution in [-0.4, -0.2) is 53.1 Å². The van der Waals surface area contributed by atoms with Crippen LogP contribution in [0.4, 0.5) is 10.2 Å². The highest BCUT2D eigenvalue weighted by Gasteiger charge is 2.30. The second kappa shape index (κ2) is 8.96. The van der Waals surface area contributed by atoms with Crippen LogP contribution in [0.3, 0.4) is 0 Å². The number of halogens is 1. The Bertz CT molecular complexity index is 1120. The molecule has 1 saturated heterocycles. The maximum atomic E-state index is 14.6. The number of fused-ring (bicyclic) bond motifs is 1. The highest BCUT2D eigenvalue weighted by Crippen LogP contribution is 2.31. The molecule has 0 unspecified atom stereocenters. The third-order valence-electron chi connectivity index (χ3n) is 6.57. The number of aromatic nitrogens is 2. The fourth-order valence-corrected chi connectivity index (χ4v) is 4.79. The third kappa shape index (κ3) is 4.38. The molecule has 1 amide bonds. The quantitative estimate of drug-likeness (QED) is 0.659. The van der Waals surface area contributed by atoms with Crippen LogP contribution in [0.1, 0.15) is 31.6 Å². The molecule has 0 atom stereocenters. The predicted octanol–water partition coefficient (Wildman–Crippen LogP) is 4.17. The first-order valence-corrected chi connectivity index (χ1v) is 11.2. The lowest BCUT2D eigenvalue weighted by molar-refractivity contribution is -0.121. The van der Waals surface area contributed by atoms with Gasteiger partial charge in [0.25, 0.3) is 0 Å². The van der Waals surface area contributed by atoms with E-state index < -0.39 is 5.82 Å². The second-order valence-corrected chi connectivity index (χ2v) is 8.64. The molecule has 7 nitrogen and oxygen atoms in total. The molecule has 1 saturated carbocycles. The Hall–Kier alpha value is -2.84. The zero-order valence-electron chi connectivity index (χ0n) is 18.1. The number of morpholine rings is 1. The van der Waals surface area contributed by atoms with E-state index in [9.17, 15) is 9.18 Å². The first-order chi connectivity index (χ1) is 15.6. The van der Waals surface area contributed by atoms with E-state index >= 15 is 0 Å². The number of oxazole rings is 1. The molecule has 0 spiro atoms. The second-order valence-electron chi connectivity index (χ2n) is 8.64. The number of anilines is 1. The van der Waals surface area contributed by atoms with Crippen molar-refractivity contribution in [2.75, 3.05) is 31.6 Å². The van der Waals surface area contributed by atoms with E-state index in [0.29, 0.717) is 39.8 Å². The van der Waals surface area contributed by atoms with E-state index in [1.807, 2.05) is 6.07 Å². The average Bonchev–Trinajstić information content (AvgIpc) is 3.26. The van der Waals surface area contributed by atoms with Gasteiger partial charge in [-0.2, -0.15) is 0 Å². The number of rotatable bonds is 4. The summed E-state index contributed by atoms with van der Waals surface area (Å²) < 4.78 is 25.6. The molecule has 0 bridgehead atoms. The molecule has 2 aliphatic rings. The first-order valence-electron chi connectivity index (χ1n) is 11.2. The van der Waals surface area contributed by atoms with Crippen molar-refractivity contribution in [1.29, 1.82) is 0 Å². The zero-order valence-corrected chi connectivity index (χ0v) is 18.1. The Balaban J connectivity index is 1.27. The molecule has 5 rings (SSSR count). The molecular formula is C24H27FN4O3. The fourth-order valence-electron chi connectivity index (χ4n) is 4.79. The molecule has 168 valence electrons. The molecule has 8 heteroatoms. The van der Waals surface area contributed by atoms with Crippen LogP contribution >= 0.6 is 0 Å². The van der Waals surface area contributed by atoms with Crippen molar-refractivity contribution in [2.24, 2.45) is 5.92 Å². The topological polar surface area (TPSA) is 80.5 Å². The Morgan fingerprint density at radius 3 is 2.59 bits per heavy atom. The molecule has 1 aliphatic carbocycles. The zero-order chi connectivity index (χ0) is 22.1. The van der Waals surface area contributed by atoms with E-state index in [-0.39, 0.29) is 11.8 Å². The van der Waals surface area contributed by atoms with Crippen molar-refractivity contribution >= 4 is 22.5 Å². The number of carbonyl (C=O) groups excluding carboxylic acids is 1. The van der Waals surface area contributed by atoms with Crippen LogP contribution in [0.25, 0.3) is 22.1 Å². The van der Waals surface area contributed by atoms with Crippen LogP contribution in [0.2, 0.25) is 0 Å². The number of pyridine rings is 1. The van der Waals surface area contributed by atoms with Crippen LogP contribution < -0.4 is 5.32 Å². The number of amides is 1. The molecule has 1 aliphatic heterocycles. The van der Waals surface area contributed by atoms with Crippen LogP contribution in [-0.2, 0) is 9.53 Å². The van der Waals surface area contributed by atoms with Gasteiger partial charge in [0.1, 0.15) is 11.6 Å². The highest BCUT2D eigenvalue weighted by molar-refractivity contribution is 5.95. The molecule has 32 heavy (non-hydrogen) atoms. The number of nitrogens with zero attached hydrogens (tertiary/aromatic N) is 3. The number of aryl methyl sites for hydroxylation is 1. The van der Waals surface area contributed by atoms with Crippen LogP contribution in [0.5, 0.6) is 0 Å². The van der Waals surface area contributed by atoms with E-state index in [1.54, 1.807) is 19.2 Å². The molecule has 3 heterocycles. The van der Waals surface area contributed by atoms with Gasteiger partial charge in [-0.25, -0.2) is 14.4 Å². The number of nitrogens with one attached hydrogen (secondary N) is 1. The molecule has 3 aromatic rings. The average molecular weight is 439 g/mol. The maximum absolute atomic E-state index is 14.6. The van der Waals surface area contributed by atoms with Crippen molar-refractivity contribution in [2.45, 2.75) is 38.6 Å². The predicted molar refractivity (Wildman–Crippen MR) is 119 cm³/mol. The van der Waals surface area contributed by atoms with Crippen molar-refractivity contribution in [3.63, 3.8) is 0 Å². The maximum Gasteiger partial charge on any atom is 0.228 e.